The molecule has 0 aliphatic carbocycles. The van der Waals surface area contributed by atoms with E-state index in [0.29, 0.717) is 11.5 Å². The molecule has 10 nitrogen and oxygen atoms in total. The average Bonchev–Trinajstić information content (AvgIpc) is 3.31. The van der Waals surface area contributed by atoms with E-state index in [1.54, 1.807) is 34.0 Å². The molecule has 13 heteroatoms. The number of rotatable bonds is 8. The summed E-state index contributed by atoms with van der Waals surface area (Å²) in [5, 5.41) is 11.3. The van der Waals surface area contributed by atoms with Crippen LogP contribution >= 0.6 is 0 Å². The van der Waals surface area contributed by atoms with Gasteiger partial charge in [0.15, 0.2) is 11.5 Å². The zero-order valence-corrected chi connectivity index (χ0v) is 18.7. The van der Waals surface area contributed by atoms with Crippen LogP contribution in [0.5, 0.6) is 17.2 Å². The van der Waals surface area contributed by atoms with Crippen molar-refractivity contribution in [1.29, 1.82) is 0 Å². The molecule has 2 heterocycles. The highest BCUT2D eigenvalue weighted by Crippen LogP contribution is 2.40. The molecule has 184 valence electrons. The van der Waals surface area contributed by atoms with Crippen LogP contribution in [0, 0.1) is 0 Å². The number of aromatic nitrogens is 3. The Morgan fingerprint density at radius 1 is 1.00 bits per heavy atom. The van der Waals surface area contributed by atoms with E-state index in [2.05, 4.69) is 25.9 Å². The van der Waals surface area contributed by atoms with Gasteiger partial charge >= 0.3 is 12.1 Å². The van der Waals surface area contributed by atoms with Crippen molar-refractivity contribution in [3.8, 4) is 17.2 Å². The number of nitrogens with zero attached hydrogens (tertiary/aromatic N) is 5. The van der Waals surface area contributed by atoms with Gasteiger partial charge in [0.2, 0.25) is 5.75 Å². The molecule has 1 aliphatic rings. The summed E-state index contributed by atoms with van der Waals surface area (Å²) in [5.74, 6) is -0.669. The third kappa shape index (κ3) is 7.79. The van der Waals surface area contributed by atoms with Gasteiger partial charge in [0.1, 0.15) is 12.7 Å². The Balaban J connectivity index is 0.000000479. The molecule has 1 aromatic heterocycles. The molecule has 33 heavy (non-hydrogen) atoms. The van der Waals surface area contributed by atoms with E-state index in [1.807, 2.05) is 10.7 Å². The van der Waals surface area contributed by atoms with Crippen molar-refractivity contribution in [3.63, 3.8) is 0 Å². The molecule has 1 fully saturated rings. The van der Waals surface area contributed by atoms with Crippen LogP contribution in [-0.2, 0) is 17.9 Å². The molecule has 0 unspecified atom stereocenters. The molecule has 3 rings (SSSR count). The van der Waals surface area contributed by atoms with Crippen molar-refractivity contribution in [3.05, 3.63) is 30.4 Å². The molecule has 1 aromatic carbocycles. The average molecular weight is 475 g/mol. The first kappa shape index (κ1) is 26.2. The summed E-state index contributed by atoms with van der Waals surface area (Å²) in [5.41, 5.74) is 1.11. The number of carboxylic acids is 1. The lowest BCUT2D eigenvalue weighted by Gasteiger charge is -2.35. The Hall–Kier alpha value is -3.06. The number of hydrogen-bond donors (Lipinski definition) is 1. The molecule has 0 saturated carbocycles. The molecule has 0 atom stereocenters. The fourth-order valence-corrected chi connectivity index (χ4v) is 3.29. The van der Waals surface area contributed by atoms with Crippen molar-refractivity contribution in [2.45, 2.75) is 19.3 Å². The number of piperazine rings is 1. The Bertz CT molecular complexity index is 872. The summed E-state index contributed by atoms with van der Waals surface area (Å²) in [6, 6.07) is 3.99. The molecule has 0 amide bonds. The second kappa shape index (κ2) is 12.3. The summed E-state index contributed by atoms with van der Waals surface area (Å²) >= 11 is 0. The van der Waals surface area contributed by atoms with Gasteiger partial charge in [0, 0.05) is 44.8 Å². The van der Waals surface area contributed by atoms with Crippen LogP contribution < -0.4 is 14.2 Å². The quantitative estimate of drug-likeness (QED) is 0.612. The normalized spacial score (nSPS) is 14.8. The maximum Gasteiger partial charge on any atom is 0.490 e. The van der Waals surface area contributed by atoms with Crippen molar-refractivity contribution in [2.24, 2.45) is 0 Å². The van der Waals surface area contributed by atoms with Crippen LogP contribution in [0.15, 0.2) is 24.8 Å². The van der Waals surface area contributed by atoms with Gasteiger partial charge < -0.3 is 19.3 Å². The summed E-state index contributed by atoms with van der Waals surface area (Å²) < 4.78 is 50.0. The predicted octanol–water partition coefficient (Wildman–Crippen LogP) is 1.75. The van der Waals surface area contributed by atoms with Crippen LogP contribution in [0.1, 0.15) is 5.56 Å². The number of carbonyl (C=O) groups is 1. The fourth-order valence-electron chi connectivity index (χ4n) is 3.29. The lowest BCUT2D eigenvalue weighted by atomic mass is 10.1. The van der Waals surface area contributed by atoms with E-state index >= 15 is 0 Å². The highest BCUT2D eigenvalue weighted by atomic mass is 19.4. The van der Waals surface area contributed by atoms with Crippen molar-refractivity contribution >= 4 is 5.97 Å². The molecule has 1 saturated heterocycles. The smallest absolute Gasteiger partial charge is 0.490 e. The second-order valence-corrected chi connectivity index (χ2v) is 7.07. The van der Waals surface area contributed by atoms with E-state index in [9.17, 15) is 13.2 Å². The van der Waals surface area contributed by atoms with Gasteiger partial charge in [-0.25, -0.2) is 9.78 Å². The SMILES string of the molecule is COc1ccc(CN2CCN(CCn3cncn3)CC2)c(OC)c1OC.O=C(O)C(F)(F)F. The first-order chi connectivity index (χ1) is 15.7. The number of aliphatic carboxylic acids is 1. The van der Waals surface area contributed by atoms with Crippen molar-refractivity contribution in [1.82, 2.24) is 24.6 Å². The van der Waals surface area contributed by atoms with E-state index in [-0.39, 0.29) is 0 Å². The molecule has 0 spiro atoms. The maximum absolute atomic E-state index is 10.6. The zero-order chi connectivity index (χ0) is 24.4. The topological polar surface area (TPSA) is 102 Å². The highest BCUT2D eigenvalue weighted by Gasteiger charge is 2.38. The number of methoxy groups -OCH3 is 3. The number of halogens is 3. The van der Waals surface area contributed by atoms with Gasteiger partial charge in [0.05, 0.1) is 27.9 Å². The third-order valence-corrected chi connectivity index (χ3v) is 5.00. The Kier molecular flexibility index (Phi) is 9.73. The molecule has 0 bridgehead atoms. The predicted molar refractivity (Wildman–Crippen MR) is 112 cm³/mol. The third-order valence-electron chi connectivity index (χ3n) is 5.00. The van der Waals surface area contributed by atoms with Crippen molar-refractivity contribution in [2.75, 3.05) is 54.1 Å². The molecule has 1 N–H and O–H groups in total. The van der Waals surface area contributed by atoms with E-state index < -0.39 is 12.1 Å². The van der Waals surface area contributed by atoms with Gasteiger partial charge in [-0.3, -0.25) is 14.5 Å². The van der Waals surface area contributed by atoms with Crippen LogP contribution in [0.3, 0.4) is 0 Å². The Morgan fingerprint density at radius 2 is 1.61 bits per heavy atom. The molecule has 1 aliphatic heterocycles. The lowest BCUT2D eigenvalue weighted by molar-refractivity contribution is -0.192. The largest absolute Gasteiger partial charge is 0.493 e. The summed E-state index contributed by atoms with van der Waals surface area (Å²) in [6.45, 7) is 6.85. The fraction of sp³-hybridized carbons (Fsp3) is 0.550. The minimum absolute atomic E-state index is 0.652. The molecule has 2 aromatic rings. The number of hydrogen-bond acceptors (Lipinski definition) is 8. The monoisotopic (exact) mass is 475 g/mol. The van der Waals surface area contributed by atoms with E-state index in [0.717, 1.165) is 57.1 Å². The zero-order valence-electron chi connectivity index (χ0n) is 18.7. The van der Waals surface area contributed by atoms with E-state index in [1.165, 1.54) is 0 Å². The first-order valence-corrected chi connectivity index (χ1v) is 10.0. The Morgan fingerprint density at radius 3 is 2.09 bits per heavy atom. The van der Waals surface area contributed by atoms with Crippen molar-refractivity contribution < 1.29 is 37.3 Å². The number of ether oxygens (including phenoxy) is 3. The summed E-state index contributed by atoms with van der Waals surface area (Å²) in [6.07, 6.45) is -1.74. The second-order valence-electron chi connectivity index (χ2n) is 7.07. The van der Waals surface area contributed by atoms with E-state index in [4.69, 9.17) is 24.1 Å². The van der Waals surface area contributed by atoms with Crippen LogP contribution in [-0.4, -0.2) is 95.9 Å². The van der Waals surface area contributed by atoms with Gasteiger partial charge in [-0.15, -0.1) is 0 Å². The van der Waals surface area contributed by atoms with Crippen LogP contribution in [0.2, 0.25) is 0 Å². The minimum Gasteiger partial charge on any atom is -0.493 e. The summed E-state index contributed by atoms with van der Waals surface area (Å²) in [7, 11) is 4.94. The molecular formula is C20H28F3N5O5. The maximum atomic E-state index is 10.6. The minimum atomic E-state index is -5.08. The number of carboxylic acid groups (broad SMARTS) is 1. The molecule has 0 radical (unpaired) electrons. The standard InChI is InChI=1S/C18H27N5O3.C2HF3O2/c1-24-16-5-4-15(17(25-2)18(16)26-3)12-22-8-6-21(7-9-22)10-11-23-14-19-13-20-23;3-2(4,5)1(6)7/h4-5,13-14H,6-12H2,1-3H3;(H,6,7). The van der Waals surface area contributed by atoms with Gasteiger partial charge in [0.25, 0.3) is 0 Å². The van der Waals surface area contributed by atoms with Gasteiger partial charge in [-0.05, 0) is 6.07 Å². The number of alkyl halides is 3. The lowest BCUT2D eigenvalue weighted by Crippen LogP contribution is -2.46. The van der Waals surface area contributed by atoms with Crippen LogP contribution in [0.4, 0.5) is 13.2 Å². The number of benzene rings is 1. The summed E-state index contributed by atoms with van der Waals surface area (Å²) in [4.78, 5) is 17.8. The van der Waals surface area contributed by atoms with Crippen LogP contribution in [0.25, 0.3) is 0 Å². The van der Waals surface area contributed by atoms with Gasteiger partial charge in [-0.1, -0.05) is 6.07 Å². The first-order valence-electron chi connectivity index (χ1n) is 10.0. The molecular weight excluding hydrogens is 447 g/mol. The van der Waals surface area contributed by atoms with Gasteiger partial charge in [-0.2, -0.15) is 18.3 Å². The highest BCUT2D eigenvalue weighted by molar-refractivity contribution is 5.73. The Labute approximate surface area is 189 Å².